The summed E-state index contributed by atoms with van der Waals surface area (Å²) in [6, 6.07) is 0.0495. The van der Waals surface area contributed by atoms with E-state index in [-0.39, 0.29) is 17.3 Å². The summed E-state index contributed by atoms with van der Waals surface area (Å²) >= 11 is 0. The van der Waals surface area contributed by atoms with Crippen LogP contribution in [-0.4, -0.2) is 32.0 Å². The van der Waals surface area contributed by atoms with E-state index in [1.54, 1.807) is 0 Å². The van der Waals surface area contributed by atoms with Gasteiger partial charge in [0, 0.05) is 17.8 Å². The minimum atomic E-state index is -2.87. The highest BCUT2D eigenvalue weighted by atomic mass is 32.2. The van der Waals surface area contributed by atoms with E-state index in [0.29, 0.717) is 0 Å². The number of rotatable bonds is 4. The van der Waals surface area contributed by atoms with E-state index >= 15 is 0 Å². The SMILES string of the molecule is CC1CCC(C)(NC(C)CS(C)(=O)=O)CC1. The van der Waals surface area contributed by atoms with E-state index in [1.807, 2.05) is 6.92 Å². The third-order valence-electron chi connectivity index (χ3n) is 3.53. The van der Waals surface area contributed by atoms with Gasteiger partial charge in [-0.25, -0.2) is 8.42 Å². The van der Waals surface area contributed by atoms with Crippen molar-refractivity contribution in [2.24, 2.45) is 5.92 Å². The van der Waals surface area contributed by atoms with Crippen LogP contribution >= 0.6 is 0 Å². The van der Waals surface area contributed by atoms with Crippen LogP contribution in [0.1, 0.15) is 46.5 Å². The molecular formula is C12H25NO2S. The Balaban J connectivity index is 2.47. The smallest absolute Gasteiger partial charge is 0.148 e. The topological polar surface area (TPSA) is 46.2 Å². The first-order chi connectivity index (χ1) is 7.20. The lowest BCUT2D eigenvalue weighted by Gasteiger charge is -2.39. The summed E-state index contributed by atoms with van der Waals surface area (Å²) in [5, 5.41) is 3.49. The Kier molecular flexibility index (Phi) is 4.41. The largest absolute Gasteiger partial charge is 0.308 e. The van der Waals surface area contributed by atoms with Crippen LogP contribution < -0.4 is 5.32 Å². The molecule has 3 nitrogen and oxygen atoms in total. The fourth-order valence-corrected chi connectivity index (χ4v) is 3.63. The van der Waals surface area contributed by atoms with Crippen LogP contribution in [0.15, 0.2) is 0 Å². The maximum Gasteiger partial charge on any atom is 0.148 e. The molecule has 0 heterocycles. The number of hydrogen-bond donors (Lipinski definition) is 1. The molecule has 1 saturated carbocycles. The highest BCUT2D eigenvalue weighted by Crippen LogP contribution is 2.31. The Morgan fingerprint density at radius 3 is 2.31 bits per heavy atom. The van der Waals surface area contributed by atoms with E-state index in [1.165, 1.54) is 19.1 Å². The Morgan fingerprint density at radius 2 is 1.88 bits per heavy atom. The summed E-state index contributed by atoms with van der Waals surface area (Å²) in [6.07, 6.45) is 6.10. The number of hydrogen-bond acceptors (Lipinski definition) is 3. The van der Waals surface area contributed by atoms with Gasteiger partial charge in [0.25, 0.3) is 0 Å². The fourth-order valence-electron chi connectivity index (χ4n) is 2.63. The zero-order valence-electron chi connectivity index (χ0n) is 10.9. The van der Waals surface area contributed by atoms with E-state index in [9.17, 15) is 8.42 Å². The van der Waals surface area contributed by atoms with Gasteiger partial charge in [0.05, 0.1) is 5.75 Å². The Hall–Kier alpha value is -0.0900. The van der Waals surface area contributed by atoms with Gasteiger partial charge in [-0.2, -0.15) is 0 Å². The third-order valence-corrected chi connectivity index (χ3v) is 4.63. The summed E-state index contributed by atoms with van der Waals surface area (Å²) in [6.45, 7) is 6.47. The van der Waals surface area contributed by atoms with Crippen molar-refractivity contribution in [3.8, 4) is 0 Å². The van der Waals surface area contributed by atoms with Crippen molar-refractivity contribution < 1.29 is 8.42 Å². The van der Waals surface area contributed by atoms with Crippen LogP contribution in [0.3, 0.4) is 0 Å². The first-order valence-corrected chi connectivity index (χ1v) is 8.22. The summed E-state index contributed by atoms with van der Waals surface area (Å²) in [7, 11) is -2.87. The minimum Gasteiger partial charge on any atom is -0.308 e. The van der Waals surface area contributed by atoms with Crippen molar-refractivity contribution in [3.63, 3.8) is 0 Å². The first kappa shape index (κ1) is 14.0. The molecule has 1 unspecified atom stereocenters. The van der Waals surface area contributed by atoms with Crippen LogP contribution in [0.25, 0.3) is 0 Å². The van der Waals surface area contributed by atoms with Crippen LogP contribution in [0.5, 0.6) is 0 Å². The molecular weight excluding hydrogens is 222 g/mol. The molecule has 1 fully saturated rings. The van der Waals surface area contributed by atoms with Gasteiger partial charge in [0.1, 0.15) is 9.84 Å². The molecule has 0 radical (unpaired) electrons. The van der Waals surface area contributed by atoms with E-state index in [0.717, 1.165) is 18.8 Å². The molecule has 0 bridgehead atoms. The van der Waals surface area contributed by atoms with Crippen LogP contribution in [0.4, 0.5) is 0 Å². The lowest BCUT2D eigenvalue weighted by Crippen LogP contribution is -2.51. The molecule has 0 aliphatic heterocycles. The molecule has 1 atom stereocenters. The van der Waals surface area contributed by atoms with Crippen molar-refractivity contribution in [1.82, 2.24) is 5.32 Å². The lowest BCUT2D eigenvalue weighted by molar-refractivity contribution is 0.202. The molecule has 1 aliphatic rings. The summed E-state index contributed by atoms with van der Waals surface area (Å²) < 4.78 is 22.4. The van der Waals surface area contributed by atoms with Gasteiger partial charge in [0.15, 0.2) is 0 Å². The average Bonchev–Trinajstić information content (AvgIpc) is 2.07. The van der Waals surface area contributed by atoms with Crippen molar-refractivity contribution >= 4 is 9.84 Å². The summed E-state index contributed by atoms with van der Waals surface area (Å²) in [4.78, 5) is 0. The molecule has 96 valence electrons. The van der Waals surface area contributed by atoms with Gasteiger partial charge in [-0.05, 0) is 45.4 Å². The second kappa shape index (κ2) is 5.05. The average molecular weight is 247 g/mol. The van der Waals surface area contributed by atoms with Gasteiger partial charge in [-0.3, -0.25) is 0 Å². The van der Waals surface area contributed by atoms with Crippen molar-refractivity contribution in [2.75, 3.05) is 12.0 Å². The predicted octanol–water partition coefficient (Wildman–Crippen LogP) is 1.98. The maximum absolute atomic E-state index is 11.2. The second-order valence-electron chi connectivity index (χ2n) is 5.88. The third kappa shape index (κ3) is 4.83. The monoisotopic (exact) mass is 247 g/mol. The van der Waals surface area contributed by atoms with Crippen LogP contribution in [0.2, 0.25) is 0 Å². The van der Waals surface area contributed by atoms with Gasteiger partial charge in [-0.1, -0.05) is 6.92 Å². The van der Waals surface area contributed by atoms with Gasteiger partial charge in [-0.15, -0.1) is 0 Å². The quantitative estimate of drug-likeness (QED) is 0.826. The van der Waals surface area contributed by atoms with Gasteiger partial charge in [0.2, 0.25) is 0 Å². The second-order valence-corrected chi connectivity index (χ2v) is 8.07. The molecule has 1 rings (SSSR count). The highest BCUT2D eigenvalue weighted by molar-refractivity contribution is 7.90. The Bertz CT molecular complexity index is 316. The van der Waals surface area contributed by atoms with Crippen molar-refractivity contribution in [1.29, 1.82) is 0 Å². The molecule has 4 heteroatoms. The first-order valence-electron chi connectivity index (χ1n) is 6.16. The Labute approximate surface area is 99.9 Å². The Morgan fingerprint density at radius 1 is 1.38 bits per heavy atom. The molecule has 0 saturated heterocycles. The zero-order chi connectivity index (χ0) is 12.4. The molecule has 0 aromatic rings. The van der Waals surface area contributed by atoms with E-state index in [2.05, 4.69) is 19.2 Å². The molecule has 0 amide bonds. The number of sulfone groups is 1. The van der Waals surface area contributed by atoms with Crippen LogP contribution in [0, 0.1) is 5.92 Å². The predicted molar refractivity (Wildman–Crippen MR) is 68.3 cm³/mol. The molecule has 0 aromatic carbocycles. The minimum absolute atomic E-state index is 0.0495. The van der Waals surface area contributed by atoms with Gasteiger partial charge >= 0.3 is 0 Å². The molecule has 0 spiro atoms. The normalized spacial score (nSPS) is 33.6. The highest BCUT2D eigenvalue weighted by Gasteiger charge is 2.30. The molecule has 16 heavy (non-hydrogen) atoms. The van der Waals surface area contributed by atoms with Crippen molar-refractivity contribution in [3.05, 3.63) is 0 Å². The summed E-state index contributed by atoms with van der Waals surface area (Å²) in [5.41, 5.74) is 0.136. The molecule has 0 aromatic heterocycles. The zero-order valence-corrected chi connectivity index (χ0v) is 11.7. The van der Waals surface area contributed by atoms with E-state index < -0.39 is 9.84 Å². The lowest BCUT2D eigenvalue weighted by atomic mass is 9.78. The fraction of sp³-hybridized carbons (Fsp3) is 1.00. The van der Waals surface area contributed by atoms with Gasteiger partial charge < -0.3 is 5.32 Å². The van der Waals surface area contributed by atoms with E-state index in [4.69, 9.17) is 0 Å². The number of nitrogens with one attached hydrogen (secondary N) is 1. The molecule has 1 aliphatic carbocycles. The maximum atomic E-state index is 11.2. The standard InChI is InChI=1S/C12H25NO2S/c1-10-5-7-12(3,8-6-10)13-11(2)9-16(4,14)15/h10-11,13H,5-9H2,1-4H3. The van der Waals surface area contributed by atoms with Crippen LogP contribution in [-0.2, 0) is 9.84 Å². The summed E-state index contributed by atoms with van der Waals surface area (Å²) in [5.74, 6) is 1.05. The molecule has 1 N–H and O–H groups in total. The van der Waals surface area contributed by atoms with Crippen molar-refractivity contribution in [2.45, 2.75) is 58.0 Å².